The summed E-state index contributed by atoms with van der Waals surface area (Å²) < 4.78 is 0. The molecular formula is C15H17ClN4S. The van der Waals surface area contributed by atoms with Crippen molar-refractivity contribution in [3.63, 3.8) is 0 Å². The fourth-order valence-corrected chi connectivity index (χ4v) is 2.94. The maximum atomic E-state index is 8.82. The summed E-state index contributed by atoms with van der Waals surface area (Å²) in [4.78, 5) is 6.85. The van der Waals surface area contributed by atoms with Crippen LogP contribution in [0, 0.1) is 11.3 Å². The average molecular weight is 321 g/mol. The van der Waals surface area contributed by atoms with Gasteiger partial charge in [0.25, 0.3) is 0 Å². The molecule has 1 aromatic heterocycles. The van der Waals surface area contributed by atoms with Crippen LogP contribution in [0.25, 0.3) is 0 Å². The fourth-order valence-electron chi connectivity index (χ4n) is 1.96. The molecule has 0 aliphatic rings. The first-order chi connectivity index (χ1) is 10.2. The van der Waals surface area contributed by atoms with Gasteiger partial charge in [-0.2, -0.15) is 5.26 Å². The Labute approximate surface area is 134 Å². The Morgan fingerprint density at radius 1 is 1.38 bits per heavy atom. The van der Waals surface area contributed by atoms with Gasteiger partial charge in [-0.25, -0.2) is 4.98 Å². The van der Waals surface area contributed by atoms with E-state index in [4.69, 9.17) is 16.9 Å². The number of aromatic nitrogens is 1. The number of halogens is 1. The topological polar surface area (TPSA) is 52.0 Å². The van der Waals surface area contributed by atoms with Gasteiger partial charge in [0.15, 0.2) is 10.3 Å². The molecule has 21 heavy (non-hydrogen) atoms. The lowest BCUT2D eigenvalue weighted by molar-refractivity contribution is 0.325. The lowest BCUT2D eigenvalue weighted by Gasteiger charge is -2.16. The molecule has 0 aliphatic carbocycles. The fraction of sp³-hybridized carbons (Fsp3) is 0.333. The van der Waals surface area contributed by atoms with Crippen molar-refractivity contribution in [3.8, 4) is 6.07 Å². The first kappa shape index (κ1) is 15.8. The summed E-state index contributed by atoms with van der Waals surface area (Å²) in [5, 5.41) is 13.0. The molecule has 2 rings (SSSR count). The van der Waals surface area contributed by atoms with Crippen molar-refractivity contribution in [2.45, 2.75) is 13.0 Å². The molecular weight excluding hydrogens is 304 g/mol. The molecule has 1 heterocycles. The van der Waals surface area contributed by atoms with Crippen molar-refractivity contribution in [3.05, 3.63) is 45.9 Å². The van der Waals surface area contributed by atoms with Crippen LogP contribution in [0.5, 0.6) is 0 Å². The molecule has 1 aromatic carbocycles. The SMILES string of the molecule is CN(CCCNc1nc(Cl)c(C#N)s1)Cc1ccccc1. The smallest absolute Gasteiger partial charge is 0.185 e. The van der Waals surface area contributed by atoms with Crippen LogP contribution in [0.15, 0.2) is 30.3 Å². The van der Waals surface area contributed by atoms with Gasteiger partial charge in [-0.15, -0.1) is 0 Å². The molecule has 1 N–H and O–H groups in total. The van der Waals surface area contributed by atoms with Gasteiger partial charge >= 0.3 is 0 Å². The standard InChI is InChI=1S/C15H17ClN4S/c1-20(11-12-6-3-2-4-7-12)9-5-8-18-15-19-14(16)13(10-17)21-15/h2-4,6-7H,5,8-9,11H2,1H3,(H,18,19). The molecule has 0 saturated carbocycles. The Morgan fingerprint density at radius 2 is 2.14 bits per heavy atom. The van der Waals surface area contributed by atoms with Gasteiger partial charge in [0.1, 0.15) is 10.9 Å². The van der Waals surface area contributed by atoms with Crippen LogP contribution in [0.3, 0.4) is 0 Å². The first-order valence-electron chi connectivity index (χ1n) is 6.72. The third kappa shape index (κ3) is 5.01. The van der Waals surface area contributed by atoms with E-state index in [9.17, 15) is 0 Å². The van der Waals surface area contributed by atoms with Crippen molar-refractivity contribution in [2.75, 3.05) is 25.5 Å². The van der Waals surface area contributed by atoms with E-state index in [2.05, 4.69) is 46.5 Å². The maximum Gasteiger partial charge on any atom is 0.185 e. The number of benzene rings is 1. The molecule has 0 atom stereocenters. The summed E-state index contributed by atoms with van der Waals surface area (Å²) in [6, 6.07) is 12.4. The molecule has 0 spiro atoms. The predicted molar refractivity (Wildman–Crippen MR) is 87.7 cm³/mol. The van der Waals surface area contributed by atoms with E-state index in [0.29, 0.717) is 10.0 Å². The number of nitrogens with one attached hydrogen (secondary N) is 1. The minimum absolute atomic E-state index is 0.284. The minimum atomic E-state index is 0.284. The highest BCUT2D eigenvalue weighted by atomic mass is 35.5. The third-order valence-electron chi connectivity index (χ3n) is 2.98. The van der Waals surface area contributed by atoms with E-state index in [1.54, 1.807) is 0 Å². The van der Waals surface area contributed by atoms with Gasteiger partial charge < -0.3 is 10.2 Å². The van der Waals surface area contributed by atoms with Gasteiger partial charge in [0.05, 0.1) is 0 Å². The number of nitriles is 1. The summed E-state index contributed by atoms with van der Waals surface area (Å²) in [5.41, 5.74) is 1.32. The third-order valence-corrected chi connectivity index (χ3v) is 4.28. The maximum absolute atomic E-state index is 8.82. The number of rotatable bonds is 7. The number of hydrogen-bond donors (Lipinski definition) is 1. The van der Waals surface area contributed by atoms with Gasteiger partial charge in [-0.3, -0.25) is 0 Å². The van der Waals surface area contributed by atoms with E-state index in [0.717, 1.165) is 26.1 Å². The second kappa shape index (κ2) is 7.99. The monoisotopic (exact) mass is 320 g/mol. The van der Waals surface area contributed by atoms with Gasteiger partial charge in [-0.1, -0.05) is 53.3 Å². The predicted octanol–water partition coefficient (Wildman–Crippen LogP) is 3.60. The Morgan fingerprint density at radius 3 is 2.81 bits per heavy atom. The van der Waals surface area contributed by atoms with E-state index < -0.39 is 0 Å². The zero-order valence-electron chi connectivity index (χ0n) is 11.8. The number of nitrogens with zero attached hydrogens (tertiary/aromatic N) is 3. The summed E-state index contributed by atoms with van der Waals surface area (Å²) in [6.45, 7) is 2.75. The summed E-state index contributed by atoms with van der Waals surface area (Å²) in [7, 11) is 2.11. The van der Waals surface area contributed by atoms with E-state index in [1.165, 1.54) is 16.9 Å². The molecule has 0 bridgehead atoms. The molecule has 0 radical (unpaired) electrons. The highest BCUT2D eigenvalue weighted by molar-refractivity contribution is 7.16. The second-order valence-corrected chi connectivity index (χ2v) is 6.11. The largest absolute Gasteiger partial charge is 0.361 e. The number of thiazole rings is 1. The van der Waals surface area contributed by atoms with Crippen LogP contribution in [0.1, 0.15) is 16.9 Å². The summed E-state index contributed by atoms with van der Waals surface area (Å²) in [5.74, 6) is 0. The molecule has 2 aromatic rings. The Kier molecular flexibility index (Phi) is 6.00. The Balaban J connectivity index is 1.68. The molecule has 0 aliphatic heterocycles. The van der Waals surface area contributed by atoms with Crippen molar-refractivity contribution < 1.29 is 0 Å². The van der Waals surface area contributed by atoms with Crippen LogP contribution in [-0.4, -0.2) is 30.0 Å². The van der Waals surface area contributed by atoms with Crippen molar-refractivity contribution in [1.29, 1.82) is 5.26 Å². The first-order valence-corrected chi connectivity index (χ1v) is 7.91. The van der Waals surface area contributed by atoms with Gasteiger partial charge in [0.2, 0.25) is 0 Å². The normalized spacial score (nSPS) is 10.6. The Bertz CT molecular complexity index is 606. The second-order valence-electron chi connectivity index (χ2n) is 4.75. The van der Waals surface area contributed by atoms with Crippen molar-refractivity contribution in [2.24, 2.45) is 0 Å². The quantitative estimate of drug-likeness (QED) is 0.792. The summed E-state index contributed by atoms with van der Waals surface area (Å²) >= 11 is 7.12. The minimum Gasteiger partial charge on any atom is -0.361 e. The van der Waals surface area contributed by atoms with E-state index in [-0.39, 0.29) is 5.15 Å². The van der Waals surface area contributed by atoms with Crippen molar-refractivity contribution in [1.82, 2.24) is 9.88 Å². The Hall–Kier alpha value is -1.61. The van der Waals surface area contributed by atoms with Gasteiger partial charge in [0, 0.05) is 13.1 Å². The number of anilines is 1. The zero-order valence-corrected chi connectivity index (χ0v) is 13.4. The molecule has 0 saturated heterocycles. The van der Waals surface area contributed by atoms with E-state index >= 15 is 0 Å². The molecule has 6 heteroatoms. The van der Waals surface area contributed by atoms with E-state index in [1.807, 2.05) is 12.1 Å². The lowest BCUT2D eigenvalue weighted by Crippen LogP contribution is -2.21. The molecule has 0 amide bonds. The molecule has 0 fully saturated rings. The van der Waals surface area contributed by atoms with Crippen LogP contribution >= 0.6 is 22.9 Å². The van der Waals surface area contributed by atoms with Crippen molar-refractivity contribution >= 4 is 28.1 Å². The summed E-state index contributed by atoms with van der Waals surface area (Å²) in [6.07, 6.45) is 1.00. The van der Waals surface area contributed by atoms with Crippen LogP contribution in [0.4, 0.5) is 5.13 Å². The van der Waals surface area contributed by atoms with Crippen LogP contribution < -0.4 is 5.32 Å². The number of hydrogen-bond acceptors (Lipinski definition) is 5. The van der Waals surface area contributed by atoms with Crippen LogP contribution in [-0.2, 0) is 6.54 Å². The highest BCUT2D eigenvalue weighted by Gasteiger charge is 2.07. The zero-order chi connectivity index (χ0) is 15.1. The molecule has 0 unspecified atom stereocenters. The van der Waals surface area contributed by atoms with Crippen LogP contribution in [0.2, 0.25) is 5.15 Å². The lowest BCUT2D eigenvalue weighted by atomic mass is 10.2. The molecule has 110 valence electrons. The molecule has 4 nitrogen and oxygen atoms in total. The van der Waals surface area contributed by atoms with Gasteiger partial charge in [-0.05, 0) is 25.6 Å². The highest BCUT2D eigenvalue weighted by Crippen LogP contribution is 2.25. The average Bonchev–Trinajstić information content (AvgIpc) is 2.85.